The van der Waals surface area contributed by atoms with Gasteiger partial charge in [0.25, 0.3) is 0 Å². The number of benzene rings is 1. The molecule has 28 heavy (non-hydrogen) atoms. The third-order valence-electron chi connectivity index (χ3n) is 3.77. The fraction of sp³-hybridized carbons (Fsp3) is 0.500. The third kappa shape index (κ3) is 6.18. The van der Waals surface area contributed by atoms with Gasteiger partial charge < -0.3 is 0 Å². The molecule has 0 fully saturated rings. The van der Waals surface area contributed by atoms with Crippen LogP contribution in [-0.2, 0) is 14.8 Å². The van der Waals surface area contributed by atoms with E-state index in [-0.39, 0.29) is 6.54 Å². The van der Waals surface area contributed by atoms with Gasteiger partial charge in [-0.05, 0) is 37.8 Å². The molecule has 1 aromatic carbocycles. The van der Waals surface area contributed by atoms with Crippen molar-refractivity contribution in [3.63, 3.8) is 0 Å². The van der Waals surface area contributed by atoms with Crippen molar-refractivity contribution in [1.82, 2.24) is 10.2 Å². The highest BCUT2D eigenvalue weighted by Crippen LogP contribution is 2.29. The maximum Gasteiger partial charge on any atom is 0.246 e. The Morgan fingerprint density at radius 3 is 2.36 bits per heavy atom. The summed E-state index contributed by atoms with van der Waals surface area (Å²) >= 11 is 2.87. The zero-order valence-electron chi connectivity index (χ0n) is 16.9. The first-order chi connectivity index (χ1) is 13.0. The van der Waals surface area contributed by atoms with E-state index in [1.165, 1.54) is 11.3 Å². The number of hydrogen-bond donors (Lipinski definition) is 1. The van der Waals surface area contributed by atoms with Gasteiger partial charge in [-0.2, -0.15) is 0 Å². The fourth-order valence-electron chi connectivity index (χ4n) is 2.77. The number of anilines is 2. The monoisotopic (exact) mass is 442 g/mol. The number of nitrogens with zero attached hydrogens (tertiary/aromatic N) is 3. The van der Waals surface area contributed by atoms with Crippen molar-refractivity contribution in [2.24, 2.45) is 5.92 Å². The van der Waals surface area contributed by atoms with E-state index < -0.39 is 15.9 Å². The van der Waals surface area contributed by atoms with E-state index in [1.54, 1.807) is 11.8 Å². The lowest BCUT2D eigenvalue weighted by Crippen LogP contribution is -2.38. The topological polar surface area (TPSA) is 92.3 Å². The number of sulfonamides is 1. The predicted octanol–water partition coefficient (Wildman–Crippen LogP) is 3.62. The Balaban J connectivity index is 2.17. The number of aryl methyl sites for hydroxylation is 3. The number of nitrogens with one attached hydrogen (secondary N) is 1. The molecule has 0 aliphatic carbocycles. The number of hydrogen-bond acceptors (Lipinski definition) is 7. The highest BCUT2D eigenvalue weighted by Gasteiger charge is 2.24. The van der Waals surface area contributed by atoms with Crippen LogP contribution in [0, 0.1) is 26.7 Å². The number of amides is 1. The quantitative estimate of drug-likeness (QED) is 0.496. The zero-order valence-corrected chi connectivity index (χ0v) is 19.4. The summed E-state index contributed by atoms with van der Waals surface area (Å²) < 4.78 is 26.7. The van der Waals surface area contributed by atoms with Gasteiger partial charge in [-0.3, -0.25) is 14.4 Å². The van der Waals surface area contributed by atoms with Gasteiger partial charge >= 0.3 is 0 Å². The predicted molar refractivity (Wildman–Crippen MR) is 117 cm³/mol. The summed E-state index contributed by atoms with van der Waals surface area (Å²) in [5.41, 5.74) is 3.18. The molecular weight excluding hydrogens is 416 g/mol. The Bertz CT molecular complexity index is 932. The Hall–Kier alpha value is -1.65. The highest BCUT2D eigenvalue weighted by molar-refractivity contribution is 8.01. The summed E-state index contributed by atoms with van der Waals surface area (Å²) in [6.45, 7) is 9.54. The van der Waals surface area contributed by atoms with Crippen molar-refractivity contribution in [3.8, 4) is 0 Å². The van der Waals surface area contributed by atoms with Crippen LogP contribution in [0.15, 0.2) is 16.5 Å². The van der Waals surface area contributed by atoms with Gasteiger partial charge in [0, 0.05) is 5.75 Å². The van der Waals surface area contributed by atoms with Crippen LogP contribution in [0.1, 0.15) is 30.5 Å². The number of thioether (sulfide) groups is 1. The minimum atomic E-state index is -3.64. The molecular formula is C18H26N4O3S3. The summed E-state index contributed by atoms with van der Waals surface area (Å²) in [5, 5.41) is 11.0. The SMILES string of the molecule is Cc1cc(C)c(N(CC(=O)Nc2nnc(SCC(C)C)s2)S(C)(=O)=O)c(C)c1. The lowest BCUT2D eigenvalue weighted by Gasteiger charge is -2.25. The molecule has 154 valence electrons. The molecule has 2 rings (SSSR count). The molecule has 7 nitrogen and oxygen atoms in total. The van der Waals surface area contributed by atoms with Crippen LogP contribution in [0.5, 0.6) is 0 Å². The van der Waals surface area contributed by atoms with Crippen LogP contribution in [0.25, 0.3) is 0 Å². The molecule has 0 spiro atoms. The molecule has 0 bridgehead atoms. The first-order valence-electron chi connectivity index (χ1n) is 8.79. The highest BCUT2D eigenvalue weighted by atomic mass is 32.2. The molecule has 1 aromatic heterocycles. The average molecular weight is 443 g/mol. The molecule has 0 aliphatic heterocycles. The second-order valence-corrected chi connectivity index (χ2v) is 11.3. The van der Waals surface area contributed by atoms with Crippen molar-refractivity contribution in [2.75, 3.05) is 28.2 Å². The molecule has 0 saturated carbocycles. The van der Waals surface area contributed by atoms with E-state index in [1.807, 2.05) is 32.9 Å². The van der Waals surface area contributed by atoms with Gasteiger partial charge in [0.05, 0.1) is 11.9 Å². The minimum absolute atomic E-state index is 0.322. The van der Waals surface area contributed by atoms with Crippen molar-refractivity contribution < 1.29 is 13.2 Å². The van der Waals surface area contributed by atoms with Crippen molar-refractivity contribution in [1.29, 1.82) is 0 Å². The first-order valence-corrected chi connectivity index (χ1v) is 12.4. The third-order valence-corrected chi connectivity index (χ3v) is 7.28. The van der Waals surface area contributed by atoms with Crippen LogP contribution < -0.4 is 9.62 Å². The number of rotatable bonds is 8. The van der Waals surface area contributed by atoms with Crippen molar-refractivity contribution >= 4 is 49.8 Å². The molecule has 0 aliphatic rings. The largest absolute Gasteiger partial charge is 0.299 e. The standard InChI is InChI=1S/C18H26N4O3S3/c1-11(2)10-26-18-21-20-17(27-18)19-15(23)9-22(28(6,24)25)16-13(4)7-12(3)8-14(16)5/h7-8,11H,9-10H2,1-6H3,(H,19,20,23). The Labute approximate surface area is 175 Å². The summed E-state index contributed by atoms with van der Waals surface area (Å²) in [4.78, 5) is 12.5. The Kier molecular flexibility index (Phi) is 7.46. The Morgan fingerprint density at radius 1 is 1.21 bits per heavy atom. The summed E-state index contributed by atoms with van der Waals surface area (Å²) in [6, 6.07) is 3.81. The smallest absolute Gasteiger partial charge is 0.246 e. The second-order valence-electron chi connectivity index (χ2n) is 7.14. The van der Waals surface area contributed by atoms with E-state index in [0.717, 1.165) is 37.3 Å². The average Bonchev–Trinajstić information content (AvgIpc) is 2.97. The molecule has 0 atom stereocenters. The van der Waals surface area contributed by atoms with E-state index in [4.69, 9.17) is 0 Å². The molecule has 10 heteroatoms. The van der Waals surface area contributed by atoms with Crippen LogP contribution in [0.3, 0.4) is 0 Å². The number of carbonyl (C=O) groups is 1. The second kappa shape index (κ2) is 9.23. The van der Waals surface area contributed by atoms with Crippen molar-refractivity contribution in [3.05, 3.63) is 28.8 Å². The van der Waals surface area contributed by atoms with E-state index in [9.17, 15) is 13.2 Å². The molecule has 0 unspecified atom stereocenters. The van der Waals surface area contributed by atoms with Crippen molar-refractivity contribution in [2.45, 2.75) is 39.0 Å². The maximum atomic E-state index is 12.5. The zero-order chi connectivity index (χ0) is 21.1. The van der Waals surface area contributed by atoms with Crippen LogP contribution in [-0.4, -0.2) is 43.1 Å². The van der Waals surface area contributed by atoms with Gasteiger partial charge in [0.2, 0.25) is 21.1 Å². The maximum absolute atomic E-state index is 12.5. The van der Waals surface area contributed by atoms with Gasteiger partial charge in [0.15, 0.2) is 4.34 Å². The normalized spacial score (nSPS) is 11.7. The number of aromatic nitrogens is 2. The Morgan fingerprint density at radius 2 is 1.82 bits per heavy atom. The molecule has 1 N–H and O–H groups in total. The summed E-state index contributed by atoms with van der Waals surface area (Å²) in [5.74, 6) is 0.980. The summed E-state index contributed by atoms with van der Waals surface area (Å²) in [7, 11) is -3.64. The van der Waals surface area contributed by atoms with Gasteiger partial charge in [-0.15, -0.1) is 10.2 Å². The fourth-order valence-corrected chi connectivity index (χ4v) is 5.49. The van der Waals surface area contributed by atoms with Gasteiger partial charge in [-0.1, -0.05) is 54.6 Å². The van der Waals surface area contributed by atoms with Crippen LogP contribution in [0.2, 0.25) is 0 Å². The van der Waals surface area contributed by atoms with Gasteiger partial charge in [-0.25, -0.2) is 8.42 Å². The lowest BCUT2D eigenvalue weighted by atomic mass is 10.1. The van der Waals surface area contributed by atoms with Gasteiger partial charge in [0.1, 0.15) is 6.54 Å². The molecule has 1 heterocycles. The molecule has 0 saturated heterocycles. The summed E-state index contributed by atoms with van der Waals surface area (Å²) in [6.07, 6.45) is 1.10. The lowest BCUT2D eigenvalue weighted by molar-refractivity contribution is -0.114. The van der Waals surface area contributed by atoms with E-state index in [2.05, 4.69) is 29.4 Å². The minimum Gasteiger partial charge on any atom is -0.299 e. The molecule has 1 amide bonds. The van der Waals surface area contributed by atoms with Crippen LogP contribution >= 0.6 is 23.1 Å². The first kappa shape index (κ1) is 22.6. The van der Waals surface area contributed by atoms with E-state index in [0.29, 0.717) is 16.7 Å². The van der Waals surface area contributed by atoms with Crippen LogP contribution in [0.4, 0.5) is 10.8 Å². The van der Waals surface area contributed by atoms with E-state index >= 15 is 0 Å². The molecule has 2 aromatic rings. The number of carbonyl (C=O) groups excluding carboxylic acids is 1. The molecule has 0 radical (unpaired) electrons.